The Morgan fingerprint density at radius 2 is 1.95 bits per heavy atom. The maximum atomic E-state index is 14.1. The zero-order valence-corrected chi connectivity index (χ0v) is 12.5. The van der Waals surface area contributed by atoms with Crippen LogP contribution < -0.4 is 5.32 Å². The topological polar surface area (TPSA) is 29.1 Å². The molecule has 122 valence electrons. The maximum Gasteiger partial charge on any atom is 0.416 e. The Morgan fingerprint density at radius 1 is 1.32 bits per heavy atom. The van der Waals surface area contributed by atoms with Crippen molar-refractivity contribution in [1.29, 1.82) is 0 Å². The van der Waals surface area contributed by atoms with Crippen molar-refractivity contribution in [1.82, 2.24) is 5.32 Å². The standard InChI is InChI=1S/C16H19F4NO/c1-9(2)21-8-13(15(22)10-3-4-10)12-6-5-11(7-14(12)17)16(18,19)20/h5-7,9-10,13,21H,3-4,8H2,1-2H3/t13-/m1/s1. The number of benzene rings is 1. The molecule has 1 aromatic rings. The molecule has 0 unspecified atom stereocenters. The van der Waals surface area contributed by atoms with Crippen molar-refractivity contribution in [2.45, 2.75) is 44.8 Å². The highest BCUT2D eigenvalue weighted by molar-refractivity contribution is 5.90. The number of ketones is 1. The third kappa shape index (κ3) is 4.06. The van der Waals surface area contributed by atoms with Gasteiger partial charge in [-0.2, -0.15) is 13.2 Å². The first kappa shape index (κ1) is 16.9. The molecule has 0 amide bonds. The summed E-state index contributed by atoms with van der Waals surface area (Å²) in [5, 5.41) is 3.07. The van der Waals surface area contributed by atoms with Crippen LogP contribution in [0.15, 0.2) is 18.2 Å². The molecule has 1 N–H and O–H groups in total. The Kier molecular flexibility index (Phi) is 4.90. The summed E-state index contributed by atoms with van der Waals surface area (Å²) in [6.07, 6.45) is -3.04. The molecule has 2 rings (SSSR count). The number of halogens is 4. The highest BCUT2D eigenvalue weighted by Crippen LogP contribution is 2.37. The average molecular weight is 317 g/mol. The number of hydrogen-bond donors (Lipinski definition) is 1. The quantitative estimate of drug-likeness (QED) is 0.806. The van der Waals surface area contributed by atoms with Gasteiger partial charge in [0.15, 0.2) is 0 Å². The van der Waals surface area contributed by atoms with Crippen molar-refractivity contribution in [2.24, 2.45) is 5.92 Å². The highest BCUT2D eigenvalue weighted by atomic mass is 19.4. The van der Waals surface area contributed by atoms with Gasteiger partial charge in [-0.3, -0.25) is 4.79 Å². The van der Waals surface area contributed by atoms with E-state index < -0.39 is 23.5 Å². The monoisotopic (exact) mass is 317 g/mol. The number of rotatable bonds is 6. The highest BCUT2D eigenvalue weighted by Gasteiger charge is 2.37. The minimum atomic E-state index is -4.59. The molecule has 0 aromatic heterocycles. The fraction of sp³-hybridized carbons (Fsp3) is 0.562. The third-order valence-electron chi connectivity index (χ3n) is 3.76. The molecule has 0 bridgehead atoms. The fourth-order valence-corrected chi connectivity index (χ4v) is 2.36. The Balaban J connectivity index is 2.28. The molecule has 6 heteroatoms. The summed E-state index contributed by atoms with van der Waals surface area (Å²) in [6, 6.07) is 2.50. The number of hydrogen-bond acceptors (Lipinski definition) is 2. The van der Waals surface area contributed by atoms with E-state index in [4.69, 9.17) is 0 Å². The van der Waals surface area contributed by atoms with E-state index in [0.29, 0.717) is 6.07 Å². The number of alkyl halides is 3. The second kappa shape index (κ2) is 6.36. The van der Waals surface area contributed by atoms with Gasteiger partial charge in [0, 0.05) is 18.5 Å². The predicted octanol–water partition coefficient (Wildman–Crippen LogP) is 3.91. The molecule has 1 fully saturated rings. The van der Waals surface area contributed by atoms with E-state index in [-0.39, 0.29) is 29.9 Å². The molecule has 1 aliphatic rings. The van der Waals surface area contributed by atoms with Gasteiger partial charge in [-0.1, -0.05) is 19.9 Å². The summed E-state index contributed by atoms with van der Waals surface area (Å²) in [5.74, 6) is -1.89. The van der Waals surface area contributed by atoms with Gasteiger partial charge in [0.1, 0.15) is 11.6 Å². The van der Waals surface area contributed by atoms with Crippen molar-refractivity contribution in [2.75, 3.05) is 6.54 Å². The predicted molar refractivity (Wildman–Crippen MR) is 75.0 cm³/mol. The van der Waals surface area contributed by atoms with E-state index in [1.54, 1.807) is 0 Å². The molecule has 1 aromatic carbocycles. The Labute approximate surface area is 126 Å². The van der Waals surface area contributed by atoms with Crippen LogP contribution >= 0.6 is 0 Å². The van der Waals surface area contributed by atoms with Crippen molar-refractivity contribution < 1.29 is 22.4 Å². The molecule has 2 nitrogen and oxygen atoms in total. The number of Topliss-reactive ketones (excluding diaryl/α,β-unsaturated/α-hetero) is 1. The van der Waals surface area contributed by atoms with Crippen LogP contribution in [-0.4, -0.2) is 18.4 Å². The summed E-state index contributed by atoms with van der Waals surface area (Å²) in [4.78, 5) is 12.3. The lowest BCUT2D eigenvalue weighted by atomic mass is 9.90. The van der Waals surface area contributed by atoms with Crippen LogP contribution in [0.1, 0.15) is 43.7 Å². The van der Waals surface area contributed by atoms with E-state index in [1.165, 1.54) is 0 Å². The second-order valence-electron chi connectivity index (χ2n) is 6.03. The van der Waals surface area contributed by atoms with Gasteiger partial charge in [-0.05, 0) is 30.5 Å². The lowest BCUT2D eigenvalue weighted by Crippen LogP contribution is -2.32. The molecular weight excluding hydrogens is 298 g/mol. The summed E-state index contributed by atoms with van der Waals surface area (Å²) < 4.78 is 51.9. The SMILES string of the molecule is CC(C)NC[C@@H](C(=O)C1CC1)c1ccc(C(F)(F)F)cc1F. The van der Waals surface area contributed by atoms with Crippen LogP contribution in [0, 0.1) is 11.7 Å². The van der Waals surface area contributed by atoms with Gasteiger partial charge in [0.25, 0.3) is 0 Å². The lowest BCUT2D eigenvalue weighted by Gasteiger charge is -2.20. The minimum Gasteiger partial charge on any atom is -0.313 e. The third-order valence-corrected chi connectivity index (χ3v) is 3.76. The number of carbonyl (C=O) groups is 1. The van der Waals surface area contributed by atoms with Gasteiger partial charge >= 0.3 is 6.18 Å². The van der Waals surface area contributed by atoms with Gasteiger partial charge in [0.05, 0.1) is 11.5 Å². The fourth-order valence-electron chi connectivity index (χ4n) is 2.36. The van der Waals surface area contributed by atoms with Crippen molar-refractivity contribution >= 4 is 5.78 Å². The molecule has 0 aliphatic heterocycles. The molecular formula is C16H19F4NO. The van der Waals surface area contributed by atoms with E-state index in [1.807, 2.05) is 13.8 Å². The zero-order chi connectivity index (χ0) is 16.5. The molecule has 0 radical (unpaired) electrons. The molecule has 22 heavy (non-hydrogen) atoms. The average Bonchev–Trinajstić information content (AvgIpc) is 3.23. The van der Waals surface area contributed by atoms with Gasteiger partial charge < -0.3 is 5.32 Å². The number of nitrogens with one attached hydrogen (secondary N) is 1. The van der Waals surface area contributed by atoms with Crippen LogP contribution in [0.2, 0.25) is 0 Å². The molecule has 0 saturated heterocycles. The van der Waals surface area contributed by atoms with Crippen molar-refractivity contribution in [3.63, 3.8) is 0 Å². The van der Waals surface area contributed by atoms with E-state index >= 15 is 0 Å². The smallest absolute Gasteiger partial charge is 0.313 e. The van der Waals surface area contributed by atoms with Crippen LogP contribution in [0.5, 0.6) is 0 Å². The molecule has 1 atom stereocenters. The molecule has 0 spiro atoms. The molecule has 1 saturated carbocycles. The van der Waals surface area contributed by atoms with Gasteiger partial charge in [-0.15, -0.1) is 0 Å². The minimum absolute atomic E-state index is 0.0399. The van der Waals surface area contributed by atoms with E-state index in [0.717, 1.165) is 25.0 Å². The van der Waals surface area contributed by atoms with Crippen LogP contribution in [-0.2, 0) is 11.0 Å². The maximum absolute atomic E-state index is 14.1. The van der Waals surface area contributed by atoms with Crippen LogP contribution in [0.25, 0.3) is 0 Å². The molecule has 0 heterocycles. The van der Waals surface area contributed by atoms with E-state index in [9.17, 15) is 22.4 Å². The molecule has 1 aliphatic carbocycles. The zero-order valence-electron chi connectivity index (χ0n) is 12.5. The first-order valence-electron chi connectivity index (χ1n) is 7.34. The van der Waals surface area contributed by atoms with Crippen LogP contribution in [0.3, 0.4) is 0 Å². The van der Waals surface area contributed by atoms with Crippen molar-refractivity contribution in [3.05, 3.63) is 35.1 Å². The Morgan fingerprint density at radius 3 is 2.41 bits per heavy atom. The van der Waals surface area contributed by atoms with Gasteiger partial charge in [0.2, 0.25) is 0 Å². The summed E-state index contributed by atoms with van der Waals surface area (Å²) in [7, 11) is 0. The first-order chi connectivity index (χ1) is 10.2. The largest absolute Gasteiger partial charge is 0.416 e. The first-order valence-corrected chi connectivity index (χ1v) is 7.34. The summed E-state index contributed by atoms with van der Waals surface area (Å²) in [5.41, 5.74) is -0.999. The lowest BCUT2D eigenvalue weighted by molar-refractivity contribution is -0.137. The normalized spacial score (nSPS) is 16.9. The van der Waals surface area contributed by atoms with Crippen LogP contribution in [0.4, 0.5) is 17.6 Å². The summed E-state index contributed by atoms with van der Waals surface area (Å²) in [6.45, 7) is 4.01. The summed E-state index contributed by atoms with van der Waals surface area (Å²) >= 11 is 0. The second-order valence-corrected chi connectivity index (χ2v) is 6.03. The van der Waals surface area contributed by atoms with Gasteiger partial charge in [-0.25, -0.2) is 4.39 Å². The van der Waals surface area contributed by atoms with E-state index in [2.05, 4.69) is 5.32 Å². The Bertz CT molecular complexity index is 550. The number of carbonyl (C=O) groups excluding carboxylic acids is 1. The Hall–Kier alpha value is -1.43. The van der Waals surface area contributed by atoms with Crippen molar-refractivity contribution in [3.8, 4) is 0 Å².